The first kappa shape index (κ1) is 30.1. The van der Waals surface area contributed by atoms with Gasteiger partial charge in [0.1, 0.15) is 5.75 Å². The van der Waals surface area contributed by atoms with Gasteiger partial charge in [0.25, 0.3) is 0 Å². The summed E-state index contributed by atoms with van der Waals surface area (Å²) in [5.41, 5.74) is 8.31. The van der Waals surface area contributed by atoms with Crippen LogP contribution in [0.2, 0.25) is 5.02 Å². The zero-order chi connectivity index (χ0) is 28.5. The topological polar surface area (TPSA) is 102 Å². The van der Waals surface area contributed by atoms with Gasteiger partial charge in [-0.2, -0.15) is 4.31 Å². The van der Waals surface area contributed by atoms with Gasteiger partial charge in [0, 0.05) is 23.7 Å². The lowest BCUT2D eigenvalue weighted by Crippen LogP contribution is -2.43. The van der Waals surface area contributed by atoms with E-state index in [4.69, 9.17) is 22.1 Å². The Morgan fingerprint density at radius 2 is 1.62 bits per heavy atom. The molecular weight excluding hydrogens is 546 g/mol. The molecule has 1 fully saturated rings. The molecule has 1 aliphatic carbocycles. The van der Waals surface area contributed by atoms with Crippen molar-refractivity contribution in [3.8, 4) is 16.9 Å². The van der Waals surface area contributed by atoms with E-state index >= 15 is 0 Å². The fourth-order valence-electron chi connectivity index (χ4n) is 5.24. The minimum Gasteiger partial charge on any atom is -0.496 e. The van der Waals surface area contributed by atoms with Gasteiger partial charge in [-0.15, -0.1) is 0 Å². The highest BCUT2D eigenvalue weighted by atomic mass is 35.5. The van der Waals surface area contributed by atoms with Crippen LogP contribution in [0.25, 0.3) is 11.1 Å². The lowest BCUT2D eigenvalue weighted by Gasteiger charge is -2.28. The minimum atomic E-state index is -3.96. The molecule has 0 atom stereocenters. The molecule has 1 saturated carbocycles. The Bertz CT molecular complexity index is 1370. The van der Waals surface area contributed by atoms with E-state index in [2.05, 4.69) is 5.32 Å². The fraction of sp³-hybridized carbons (Fsp3) is 0.387. The Labute approximate surface area is 242 Å². The maximum Gasteiger partial charge on any atom is 0.243 e. The van der Waals surface area contributed by atoms with Gasteiger partial charge in [0.15, 0.2) is 0 Å². The van der Waals surface area contributed by atoms with Gasteiger partial charge in [-0.05, 0) is 85.9 Å². The smallest absolute Gasteiger partial charge is 0.243 e. The summed E-state index contributed by atoms with van der Waals surface area (Å²) in [4.78, 5) is 13.2. The van der Waals surface area contributed by atoms with E-state index in [0.717, 1.165) is 42.4 Å². The lowest BCUT2D eigenvalue weighted by molar-refractivity contribution is -0.121. The largest absolute Gasteiger partial charge is 0.496 e. The number of carbonyl (C=O) groups is 1. The van der Waals surface area contributed by atoms with Gasteiger partial charge in [-0.3, -0.25) is 4.79 Å². The number of nitrogens with zero attached hydrogens (tertiary/aromatic N) is 1. The maximum absolute atomic E-state index is 13.8. The number of sulfonamides is 1. The molecule has 40 heavy (non-hydrogen) atoms. The number of hydrogen-bond donors (Lipinski definition) is 2. The molecule has 1 amide bonds. The number of ether oxygens (including phenoxy) is 1. The van der Waals surface area contributed by atoms with Gasteiger partial charge < -0.3 is 15.8 Å². The van der Waals surface area contributed by atoms with Crippen molar-refractivity contribution in [1.82, 2.24) is 9.62 Å². The maximum atomic E-state index is 13.8. The number of benzene rings is 3. The summed E-state index contributed by atoms with van der Waals surface area (Å²) in [7, 11) is -2.38. The van der Waals surface area contributed by atoms with Gasteiger partial charge in [-0.25, -0.2) is 8.42 Å². The molecule has 3 aromatic carbocycles. The molecule has 0 spiro atoms. The van der Waals surface area contributed by atoms with Crippen LogP contribution in [-0.2, 0) is 21.2 Å². The summed E-state index contributed by atoms with van der Waals surface area (Å²) in [6, 6.07) is 21.5. The molecule has 9 heteroatoms. The molecule has 214 valence electrons. The van der Waals surface area contributed by atoms with Crippen molar-refractivity contribution in [2.45, 2.75) is 37.0 Å². The first-order valence-electron chi connectivity index (χ1n) is 13.8. The summed E-state index contributed by atoms with van der Waals surface area (Å²) in [5.74, 6) is 1.33. The normalized spacial score (nSPS) is 17.5. The second-order valence-electron chi connectivity index (χ2n) is 10.3. The summed E-state index contributed by atoms with van der Waals surface area (Å²) >= 11 is 6.33. The highest BCUT2D eigenvalue weighted by Crippen LogP contribution is 2.30. The van der Waals surface area contributed by atoms with Crippen molar-refractivity contribution in [1.29, 1.82) is 0 Å². The Balaban J connectivity index is 1.50. The number of nitrogens with one attached hydrogen (secondary N) is 1. The van der Waals surface area contributed by atoms with Crippen LogP contribution in [0.15, 0.2) is 77.7 Å². The first-order valence-corrected chi connectivity index (χ1v) is 15.6. The van der Waals surface area contributed by atoms with Crippen LogP contribution in [0, 0.1) is 11.8 Å². The van der Waals surface area contributed by atoms with Crippen molar-refractivity contribution in [2.24, 2.45) is 17.6 Å². The molecular formula is C31H38ClN3O4S. The van der Waals surface area contributed by atoms with E-state index in [1.165, 1.54) is 4.31 Å². The highest BCUT2D eigenvalue weighted by Gasteiger charge is 2.28. The summed E-state index contributed by atoms with van der Waals surface area (Å²) < 4.78 is 34.3. The molecule has 0 aliphatic heterocycles. The molecule has 0 bridgehead atoms. The van der Waals surface area contributed by atoms with Crippen LogP contribution in [0.3, 0.4) is 0 Å². The summed E-state index contributed by atoms with van der Waals surface area (Å²) in [6.45, 7) is 1.12. The number of nitrogens with two attached hydrogens (primary N) is 1. The Morgan fingerprint density at radius 3 is 2.30 bits per heavy atom. The molecule has 0 heterocycles. The standard InChI is InChI=1S/C31H38ClN3O4S/c1-39-30-9-5-2-6-26(30)18-19-35(22-31(36)34-21-24-12-10-23(20-33)11-13-24)40(37,38)27-16-14-25(15-17-27)28-7-3-4-8-29(28)32/h2-9,14-17,23-24H,10-13,18-22,33H2,1H3,(H,34,36). The number of rotatable bonds is 12. The number of carbonyl (C=O) groups excluding carboxylic acids is 1. The van der Waals surface area contributed by atoms with Crippen molar-refractivity contribution in [2.75, 3.05) is 33.3 Å². The van der Waals surface area contributed by atoms with Gasteiger partial charge in [0.05, 0.1) is 18.6 Å². The number of halogens is 1. The Hall–Kier alpha value is -2.91. The van der Waals surface area contributed by atoms with E-state index in [1.54, 1.807) is 37.4 Å². The Kier molecular flexibility index (Phi) is 10.6. The lowest BCUT2D eigenvalue weighted by atomic mass is 9.82. The average Bonchev–Trinajstić information content (AvgIpc) is 2.98. The monoisotopic (exact) mass is 583 g/mol. The van der Waals surface area contributed by atoms with Gasteiger partial charge >= 0.3 is 0 Å². The number of hydrogen-bond acceptors (Lipinski definition) is 5. The third-order valence-electron chi connectivity index (χ3n) is 7.71. The van der Waals surface area contributed by atoms with Crippen molar-refractivity contribution in [3.05, 3.63) is 83.4 Å². The molecule has 3 N–H and O–H groups in total. The van der Waals surface area contributed by atoms with E-state index in [-0.39, 0.29) is 23.9 Å². The van der Waals surface area contributed by atoms with Crippen LogP contribution >= 0.6 is 11.6 Å². The Morgan fingerprint density at radius 1 is 0.975 bits per heavy atom. The quantitative estimate of drug-likeness (QED) is 0.308. The van der Waals surface area contributed by atoms with E-state index in [1.807, 2.05) is 42.5 Å². The zero-order valence-electron chi connectivity index (χ0n) is 22.9. The number of methoxy groups -OCH3 is 1. The van der Waals surface area contributed by atoms with E-state index < -0.39 is 10.0 Å². The van der Waals surface area contributed by atoms with E-state index in [9.17, 15) is 13.2 Å². The first-order chi connectivity index (χ1) is 19.3. The van der Waals surface area contributed by atoms with Crippen LogP contribution < -0.4 is 15.8 Å². The molecule has 0 unspecified atom stereocenters. The molecule has 0 radical (unpaired) electrons. The number of amides is 1. The minimum absolute atomic E-state index is 0.122. The summed E-state index contributed by atoms with van der Waals surface area (Å²) in [5, 5.41) is 3.57. The molecule has 4 rings (SSSR count). The van der Waals surface area contributed by atoms with Crippen molar-refractivity contribution in [3.63, 3.8) is 0 Å². The molecule has 0 saturated heterocycles. The van der Waals surface area contributed by atoms with Gasteiger partial charge in [0.2, 0.25) is 15.9 Å². The third kappa shape index (κ3) is 7.63. The highest BCUT2D eigenvalue weighted by molar-refractivity contribution is 7.89. The molecule has 0 aromatic heterocycles. The fourth-order valence-corrected chi connectivity index (χ4v) is 6.88. The molecule has 1 aliphatic rings. The van der Waals surface area contributed by atoms with Gasteiger partial charge in [-0.1, -0.05) is 60.1 Å². The van der Waals surface area contributed by atoms with Crippen LogP contribution in [0.4, 0.5) is 0 Å². The second-order valence-corrected chi connectivity index (χ2v) is 12.7. The second kappa shape index (κ2) is 14.1. The summed E-state index contributed by atoms with van der Waals surface area (Å²) in [6.07, 6.45) is 4.59. The van der Waals surface area contributed by atoms with Crippen LogP contribution in [-0.4, -0.2) is 51.9 Å². The van der Waals surface area contributed by atoms with Crippen molar-refractivity contribution < 1.29 is 17.9 Å². The molecule has 7 nitrogen and oxygen atoms in total. The SMILES string of the molecule is COc1ccccc1CCN(CC(=O)NCC1CCC(CN)CC1)S(=O)(=O)c1ccc(-c2ccccc2Cl)cc1. The average molecular weight is 584 g/mol. The van der Waals surface area contributed by atoms with E-state index in [0.29, 0.717) is 42.1 Å². The zero-order valence-corrected chi connectivity index (χ0v) is 24.5. The third-order valence-corrected chi connectivity index (χ3v) is 9.90. The molecule has 3 aromatic rings. The van der Waals surface area contributed by atoms with Crippen LogP contribution in [0.5, 0.6) is 5.75 Å². The predicted octanol–water partition coefficient (Wildman–Crippen LogP) is 5.13. The predicted molar refractivity (Wildman–Crippen MR) is 160 cm³/mol. The van der Waals surface area contributed by atoms with Crippen molar-refractivity contribution >= 4 is 27.5 Å². The number of para-hydroxylation sites is 1. The van der Waals surface area contributed by atoms with Crippen LogP contribution in [0.1, 0.15) is 31.2 Å².